The third kappa shape index (κ3) is 4.54. The Morgan fingerprint density at radius 3 is 2.61 bits per heavy atom. The van der Waals surface area contributed by atoms with Crippen molar-refractivity contribution in [3.8, 4) is 0 Å². The summed E-state index contributed by atoms with van der Waals surface area (Å²) in [7, 11) is -7.72. The van der Waals surface area contributed by atoms with Crippen molar-refractivity contribution in [2.24, 2.45) is 5.14 Å². The average Bonchev–Trinajstić information content (AvgIpc) is 2.41. The quantitative estimate of drug-likeness (QED) is 0.408. The first kappa shape index (κ1) is 17.9. The first-order valence-electron chi connectivity index (χ1n) is 6.06. The Morgan fingerprint density at radius 2 is 2.09 bits per heavy atom. The molecular formula is C10H13N3O7S3. The molecule has 1 aliphatic rings. The van der Waals surface area contributed by atoms with Crippen LogP contribution in [0.5, 0.6) is 0 Å². The fourth-order valence-electron chi connectivity index (χ4n) is 1.88. The van der Waals surface area contributed by atoms with Crippen molar-refractivity contribution in [3.05, 3.63) is 22.2 Å². The monoisotopic (exact) mass is 383 g/mol. The van der Waals surface area contributed by atoms with Crippen LogP contribution in [0.2, 0.25) is 0 Å². The Kier molecular flexibility index (Phi) is 4.86. The molecule has 0 bridgehead atoms. The number of primary sulfonamides is 1. The average molecular weight is 383 g/mol. The van der Waals surface area contributed by atoms with Crippen molar-refractivity contribution in [2.75, 3.05) is 23.9 Å². The molecule has 1 aliphatic heterocycles. The number of benzene rings is 1. The van der Waals surface area contributed by atoms with Crippen LogP contribution in [-0.2, 0) is 24.3 Å². The van der Waals surface area contributed by atoms with E-state index in [4.69, 9.17) is 5.14 Å². The molecule has 1 aromatic carbocycles. The molecule has 3 N–H and O–H groups in total. The van der Waals surface area contributed by atoms with Gasteiger partial charge in [-0.2, -0.15) is 8.42 Å². The normalized spacial score (nSPS) is 18.1. The standard InChI is InChI=1S/C10H13N3O7S3/c1-22(16,17)20-4-6-5-21-9-3-7(23(11,18)19)2-8(13(14)15)10(9)12-6/h2-3,6,12H,4-5H2,1H3,(H2,11,18,19). The van der Waals surface area contributed by atoms with Crippen LogP contribution in [0, 0.1) is 10.1 Å². The molecule has 0 aromatic heterocycles. The molecule has 1 unspecified atom stereocenters. The van der Waals surface area contributed by atoms with E-state index in [1.54, 1.807) is 0 Å². The fraction of sp³-hybridized carbons (Fsp3) is 0.400. The number of nitrogens with zero attached hydrogens (tertiary/aromatic N) is 1. The van der Waals surface area contributed by atoms with Crippen molar-refractivity contribution >= 4 is 43.3 Å². The molecule has 0 spiro atoms. The van der Waals surface area contributed by atoms with Crippen molar-refractivity contribution in [1.82, 2.24) is 0 Å². The van der Waals surface area contributed by atoms with Crippen molar-refractivity contribution in [3.63, 3.8) is 0 Å². The van der Waals surface area contributed by atoms with Crippen LogP contribution < -0.4 is 10.5 Å². The number of hydrogen-bond acceptors (Lipinski definition) is 9. The minimum atomic E-state index is -4.08. The van der Waals surface area contributed by atoms with Crippen LogP contribution in [0.1, 0.15) is 0 Å². The largest absolute Gasteiger partial charge is 0.373 e. The highest BCUT2D eigenvalue weighted by Gasteiger charge is 2.29. The smallest absolute Gasteiger partial charge is 0.294 e. The van der Waals surface area contributed by atoms with E-state index < -0.39 is 36.8 Å². The van der Waals surface area contributed by atoms with Crippen molar-refractivity contribution in [1.29, 1.82) is 0 Å². The minimum Gasteiger partial charge on any atom is -0.373 e. The maximum atomic E-state index is 11.4. The molecule has 0 saturated heterocycles. The maximum Gasteiger partial charge on any atom is 0.294 e. The molecule has 0 aliphatic carbocycles. The Hall–Kier alpha value is -1.41. The fourth-order valence-corrected chi connectivity index (χ4v) is 4.00. The van der Waals surface area contributed by atoms with Gasteiger partial charge in [-0.15, -0.1) is 11.8 Å². The Labute approximate surface area is 136 Å². The van der Waals surface area contributed by atoms with E-state index in [9.17, 15) is 26.9 Å². The summed E-state index contributed by atoms with van der Waals surface area (Å²) in [5.74, 6) is 0.341. The third-order valence-corrected chi connectivity index (χ3v) is 5.51. The second kappa shape index (κ2) is 6.24. The van der Waals surface area contributed by atoms with Gasteiger partial charge in [-0.3, -0.25) is 14.3 Å². The Bertz CT molecular complexity index is 851. The highest BCUT2D eigenvalue weighted by Crippen LogP contribution is 2.41. The van der Waals surface area contributed by atoms with Gasteiger partial charge in [0, 0.05) is 16.7 Å². The number of anilines is 1. The molecule has 2 rings (SSSR count). The van der Waals surface area contributed by atoms with E-state index in [2.05, 4.69) is 9.50 Å². The highest BCUT2D eigenvalue weighted by atomic mass is 32.2. The summed E-state index contributed by atoms with van der Waals surface area (Å²) in [5.41, 5.74) is -0.344. The number of rotatable bonds is 5. The zero-order valence-electron chi connectivity index (χ0n) is 11.8. The van der Waals surface area contributed by atoms with Crippen LogP contribution in [0.25, 0.3) is 0 Å². The lowest BCUT2D eigenvalue weighted by molar-refractivity contribution is -0.384. The van der Waals surface area contributed by atoms with Crippen LogP contribution in [0.15, 0.2) is 21.9 Å². The topological polar surface area (TPSA) is 159 Å². The number of hydrogen-bond donors (Lipinski definition) is 2. The lowest BCUT2D eigenvalue weighted by atomic mass is 10.2. The predicted octanol–water partition coefficient (Wildman–Crippen LogP) is 0.105. The second-order valence-corrected chi connectivity index (χ2v) is 9.03. The van der Waals surface area contributed by atoms with Crippen molar-refractivity contribution < 1.29 is 25.9 Å². The van der Waals surface area contributed by atoms with Crippen LogP contribution in [0.3, 0.4) is 0 Å². The van der Waals surface area contributed by atoms with Gasteiger partial charge in [0.15, 0.2) is 0 Å². The summed E-state index contributed by atoms with van der Waals surface area (Å²) in [6, 6.07) is 1.62. The van der Waals surface area contributed by atoms with Crippen molar-refractivity contribution in [2.45, 2.75) is 15.8 Å². The van der Waals surface area contributed by atoms with Crippen LogP contribution in [-0.4, -0.2) is 46.4 Å². The number of nitro benzene ring substituents is 1. The van der Waals surface area contributed by atoms with Gasteiger partial charge in [-0.25, -0.2) is 13.6 Å². The molecule has 0 saturated carbocycles. The van der Waals surface area contributed by atoms with Gasteiger partial charge in [-0.05, 0) is 6.07 Å². The van der Waals surface area contributed by atoms with E-state index in [0.29, 0.717) is 10.6 Å². The van der Waals surface area contributed by atoms with Gasteiger partial charge in [0.1, 0.15) is 5.69 Å². The van der Waals surface area contributed by atoms with Gasteiger partial charge >= 0.3 is 0 Å². The molecule has 1 heterocycles. The Morgan fingerprint density at radius 1 is 1.43 bits per heavy atom. The number of nitrogens with two attached hydrogens (primary N) is 1. The molecule has 0 radical (unpaired) electrons. The minimum absolute atomic E-state index is 0.112. The van der Waals surface area contributed by atoms with Crippen LogP contribution >= 0.6 is 11.8 Å². The van der Waals surface area contributed by atoms with Gasteiger partial charge in [0.25, 0.3) is 15.8 Å². The molecule has 13 heteroatoms. The van der Waals surface area contributed by atoms with E-state index in [1.165, 1.54) is 6.07 Å². The summed E-state index contributed by atoms with van der Waals surface area (Å²) < 4.78 is 49.5. The van der Waals surface area contributed by atoms with Gasteiger partial charge in [-0.1, -0.05) is 0 Å². The van der Waals surface area contributed by atoms with E-state index in [1.807, 2.05) is 0 Å². The summed E-state index contributed by atoms with van der Waals surface area (Å²) in [4.78, 5) is 10.4. The summed E-state index contributed by atoms with van der Waals surface area (Å²) in [6.07, 6.45) is 0.901. The number of nitro groups is 1. The molecule has 10 nitrogen and oxygen atoms in total. The zero-order valence-corrected chi connectivity index (χ0v) is 14.2. The summed E-state index contributed by atoms with van der Waals surface area (Å²) in [6.45, 7) is -0.195. The van der Waals surface area contributed by atoms with Gasteiger partial charge < -0.3 is 5.32 Å². The molecule has 1 aromatic rings. The second-order valence-electron chi connectivity index (χ2n) is 4.76. The molecule has 0 fully saturated rings. The number of sulfonamides is 1. The maximum absolute atomic E-state index is 11.4. The first-order chi connectivity index (χ1) is 10.5. The molecule has 23 heavy (non-hydrogen) atoms. The molecule has 1 atom stereocenters. The number of nitrogens with one attached hydrogen (secondary N) is 1. The third-order valence-electron chi connectivity index (χ3n) is 2.85. The lowest BCUT2D eigenvalue weighted by Crippen LogP contribution is -2.32. The predicted molar refractivity (Wildman–Crippen MR) is 83.4 cm³/mol. The molecule has 0 amide bonds. The van der Waals surface area contributed by atoms with E-state index in [0.717, 1.165) is 24.1 Å². The first-order valence-corrected chi connectivity index (χ1v) is 10.4. The Balaban J connectivity index is 2.37. The van der Waals surface area contributed by atoms with E-state index in [-0.39, 0.29) is 17.2 Å². The molecule has 128 valence electrons. The van der Waals surface area contributed by atoms with E-state index >= 15 is 0 Å². The number of fused-ring (bicyclic) bond motifs is 1. The number of thioether (sulfide) groups is 1. The van der Waals surface area contributed by atoms with Crippen LogP contribution in [0.4, 0.5) is 11.4 Å². The molecular weight excluding hydrogens is 370 g/mol. The summed E-state index contributed by atoms with van der Waals surface area (Å²) >= 11 is 1.15. The zero-order chi connectivity index (χ0) is 17.4. The van der Waals surface area contributed by atoms with Gasteiger partial charge in [0.05, 0.1) is 28.7 Å². The summed E-state index contributed by atoms with van der Waals surface area (Å²) in [5, 5.41) is 19.0. The SMILES string of the molecule is CS(=O)(=O)OCC1CSc2cc(S(N)(=O)=O)cc([N+](=O)[O-])c2N1. The lowest BCUT2D eigenvalue weighted by Gasteiger charge is -2.26. The van der Waals surface area contributed by atoms with Gasteiger partial charge in [0.2, 0.25) is 10.0 Å². The highest BCUT2D eigenvalue weighted by molar-refractivity contribution is 7.99.